The number of methoxy groups -OCH3 is 1. The number of nitrogens with zero attached hydrogens (tertiary/aromatic N) is 1. The van der Waals surface area contributed by atoms with Crippen molar-refractivity contribution in [2.24, 2.45) is 5.92 Å². The van der Waals surface area contributed by atoms with Crippen molar-refractivity contribution >= 4 is 11.9 Å². The van der Waals surface area contributed by atoms with Crippen molar-refractivity contribution in [2.75, 3.05) is 13.7 Å². The van der Waals surface area contributed by atoms with Crippen LogP contribution in [0.25, 0.3) is 0 Å². The van der Waals surface area contributed by atoms with Crippen LogP contribution >= 0.6 is 0 Å². The van der Waals surface area contributed by atoms with Crippen LogP contribution in [-0.4, -0.2) is 35.5 Å². The summed E-state index contributed by atoms with van der Waals surface area (Å²) in [5.74, 6) is -0.815. The number of aliphatic carboxylic acids is 1. The van der Waals surface area contributed by atoms with Crippen molar-refractivity contribution in [3.63, 3.8) is 0 Å². The van der Waals surface area contributed by atoms with Crippen LogP contribution in [0.5, 0.6) is 5.75 Å². The van der Waals surface area contributed by atoms with Gasteiger partial charge in [-0.15, -0.1) is 0 Å². The summed E-state index contributed by atoms with van der Waals surface area (Å²) in [5.41, 5.74) is 0.968. The predicted molar refractivity (Wildman–Crippen MR) is 64.2 cm³/mol. The van der Waals surface area contributed by atoms with Gasteiger partial charge in [0, 0.05) is 19.5 Å². The Morgan fingerprint density at radius 3 is 2.61 bits per heavy atom. The molecule has 0 saturated carbocycles. The number of benzene rings is 1. The summed E-state index contributed by atoms with van der Waals surface area (Å²) >= 11 is 0. The zero-order chi connectivity index (χ0) is 13.1. The van der Waals surface area contributed by atoms with Crippen molar-refractivity contribution in [3.05, 3.63) is 29.8 Å². The number of rotatable bonds is 4. The average Bonchev–Trinajstić information content (AvgIpc) is 2.72. The van der Waals surface area contributed by atoms with Gasteiger partial charge in [-0.2, -0.15) is 0 Å². The second-order valence-corrected chi connectivity index (χ2v) is 4.36. The molecule has 96 valence electrons. The van der Waals surface area contributed by atoms with E-state index in [1.165, 1.54) is 0 Å². The highest BCUT2D eigenvalue weighted by Gasteiger charge is 2.33. The van der Waals surface area contributed by atoms with Crippen molar-refractivity contribution in [3.8, 4) is 5.75 Å². The lowest BCUT2D eigenvalue weighted by Crippen LogP contribution is -2.25. The Labute approximate surface area is 105 Å². The number of amides is 1. The SMILES string of the molecule is COc1ccc(CN2C[C@@H](C(=O)O)CC2=O)cc1. The molecule has 0 unspecified atom stereocenters. The molecule has 5 nitrogen and oxygen atoms in total. The van der Waals surface area contributed by atoms with Crippen molar-refractivity contribution in [1.82, 2.24) is 4.90 Å². The van der Waals surface area contributed by atoms with E-state index in [-0.39, 0.29) is 12.3 Å². The first-order valence-corrected chi connectivity index (χ1v) is 5.73. The van der Waals surface area contributed by atoms with Gasteiger partial charge in [-0.1, -0.05) is 12.1 Å². The predicted octanol–water partition coefficient (Wildman–Crippen LogP) is 1.13. The van der Waals surface area contributed by atoms with Crippen LogP contribution in [0.3, 0.4) is 0 Å². The first-order valence-electron chi connectivity index (χ1n) is 5.73. The maximum atomic E-state index is 11.7. The topological polar surface area (TPSA) is 66.8 Å². The van der Waals surface area contributed by atoms with E-state index in [2.05, 4.69) is 0 Å². The molecule has 2 rings (SSSR count). The van der Waals surface area contributed by atoms with Gasteiger partial charge in [0.15, 0.2) is 0 Å². The Bertz CT molecular complexity index is 455. The van der Waals surface area contributed by atoms with E-state index in [1.54, 1.807) is 12.0 Å². The van der Waals surface area contributed by atoms with E-state index in [1.807, 2.05) is 24.3 Å². The molecule has 1 amide bonds. The minimum absolute atomic E-state index is 0.0989. The normalized spacial score (nSPS) is 19.1. The average molecular weight is 249 g/mol. The number of carboxylic acids is 1. The smallest absolute Gasteiger partial charge is 0.308 e. The molecule has 0 spiro atoms. The lowest BCUT2D eigenvalue weighted by atomic mass is 10.1. The van der Waals surface area contributed by atoms with Crippen molar-refractivity contribution < 1.29 is 19.4 Å². The van der Waals surface area contributed by atoms with Gasteiger partial charge >= 0.3 is 5.97 Å². The van der Waals surface area contributed by atoms with Crippen LogP contribution in [0.2, 0.25) is 0 Å². The quantitative estimate of drug-likeness (QED) is 0.868. The van der Waals surface area contributed by atoms with Crippen LogP contribution in [0.1, 0.15) is 12.0 Å². The van der Waals surface area contributed by atoms with Gasteiger partial charge < -0.3 is 14.7 Å². The van der Waals surface area contributed by atoms with Gasteiger partial charge in [0.2, 0.25) is 5.91 Å². The third-order valence-electron chi connectivity index (χ3n) is 3.10. The number of likely N-dealkylation sites (tertiary alicyclic amines) is 1. The third kappa shape index (κ3) is 2.61. The molecule has 1 saturated heterocycles. The molecule has 0 radical (unpaired) electrons. The minimum Gasteiger partial charge on any atom is -0.497 e. The number of carbonyl (C=O) groups is 2. The number of carboxylic acid groups (broad SMARTS) is 1. The fourth-order valence-corrected chi connectivity index (χ4v) is 2.04. The molecule has 1 aliphatic heterocycles. The van der Waals surface area contributed by atoms with Crippen molar-refractivity contribution in [2.45, 2.75) is 13.0 Å². The summed E-state index contributed by atoms with van der Waals surface area (Å²) in [4.78, 5) is 24.1. The molecule has 1 heterocycles. The molecule has 0 aromatic heterocycles. The molecule has 1 fully saturated rings. The molecular formula is C13H15NO4. The Balaban J connectivity index is 2.01. The fraction of sp³-hybridized carbons (Fsp3) is 0.385. The summed E-state index contributed by atoms with van der Waals surface area (Å²) < 4.78 is 5.05. The maximum Gasteiger partial charge on any atom is 0.308 e. The van der Waals surface area contributed by atoms with Crippen LogP contribution in [0.15, 0.2) is 24.3 Å². The van der Waals surface area contributed by atoms with E-state index in [0.29, 0.717) is 13.1 Å². The number of carbonyl (C=O) groups excluding carboxylic acids is 1. The first-order chi connectivity index (χ1) is 8.60. The lowest BCUT2D eigenvalue weighted by molar-refractivity contribution is -0.141. The summed E-state index contributed by atoms with van der Waals surface area (Å²) in [7, 11) is 1.59. The van der Waals surface area contributed by atoms with E-state index in [9.17, 15) is 9.59 Å². The van der Waals surface area contributed by atoms with Gasteiger partial charge in [0.1, 0.15) is 5.75 Å². The van der Waals surface area contributed by atoms with Gasteiger partial charge in [-0.05, 0) is 17.7 Å². The van der Waals surface area contributed by atoms with Gasteiger partial charge in [0.05, 0.1) is 13.0 Å². The van der Waals surface area contributed by atoms with E-state index in [4.69, 9.17) is 9.84 Å². The summed E-state index contributed by atoms with van der Waals surface area (Å²) in [6, 6.07) is 7.40. The van der Waals surface area contributed by atoms with E-state index >= 15 is 0 Å². The molecule has 1 atom stereocenters. The minimum atomic E-state index is -0.902. The maximum absolute atomic E-state index is 11.7. The molecule has 1 aromatic rings. The highest BCUT2D eigenvalue weighted by Crippen LogP contribution is 2.21. The Kier molecular flexibility index (Phi) is 3.50. The summed E-state index contributed by atoms with van der Waals surface area (Å²) in [6.45, 7) is 0.743. The molecular weight excluding hydrogens is 234 g/mol. The largest absolute Gasteiger partial charge is 0.497 e. The van der Waals surface area contributed by atoms with E-state index in [0.717, 1.165) is 11.3 Å². The zero-order valence-corrected chi connectivity index (χ0v) is 10.1. The Morgan fingerprint density at radius 1 is 1.44 bits per heavy atom. The third-order valence-corrected chi connectivity index (χ3v) is 3.10. The molecule has 1 N–H and O–H groups in total. The van der Waals surface area contributed by atoms with Gasteiger partial charge in [-0.25, -0.2) is 0 Å². The first kappa shape index (κ1) is 12.4. The monoisotopic (exact) mass is 249 g/mol. The molecule has 0 aliphatic carbocycles. The summed E-state index contributed by atoms with van der Waals surface area (Å²) in [5, 5.41) is 8.89. The van der Waals surface area contributed by atoms with Gasteiger partial charge in [-0.3, -0.25) is 9.59 Å². The Morgan fingerprint density at radius 2 is 2.11 bits per heavy atom. The van der Waals surface area contributed by atoms with Crippen LogP contribution in [0.4, 0.5) is 0 Å². The number of hydrogen-bond donors (Lipinski definition) is 1. The molecule has 0 bridgehead atoms. The fourth-order valence-electron chi connectivity index (χ4n) is 2.04. The molecule has 5 heteroatoms. The lowest BCUT2D eigenvalue weighted by Gasteiger charge is -2.16. The van der Waals surface area contributed by atoms with Crippen molar-refractivity contribution in [1.29, 1.82) is 0 Å². The molecule has 18 heavy (non-hydrogen) atoms. The van der Waals surface area contributed by atoms with Crippen LogP contribution < -0.4 is 4.74 Å². The second-order valence-electron chi connectivity index (χ2n) is 4.36. The highest BCUT2D eigenvalue weighted by atomic mass is 16.5. The standard InChI is InChI=1S/C13H15NO4/c1-18-11-4-2-9(3-5-11)7-14-8-10(13(16)17)6-12(14)15/h2-5,10H,6-8H2,1H3,(H,16,17)/t10-/m0/s1. The summed E-state index contributed by atoms with van der Waals surface area (Å²) in [6.07, 6.45) is 0.103. The van der Waals surface area contributed by atoms with Crippen LogP contribution in [0, 0.1) is 5.92 Å². The number of ether oxygens (including phenoxy) is 1. The van der Waals surface area contributed by atoms with E-state index < -0.39 is 11.9 Å². The van der Waals surface area contributed by atoms with Gasteiger partial charge in [0.25, 0.3) is 0 Å². The molecule has 1 aliphatic rings. The number of hydrogen-bond acceptors (Lipinski definition) is 3. The zero-order valence-electron chi connectivity index (χ0n) is 10.1. The second kappa shape index (κ2) is 5.08. The van der Waals surface area contributed by atoms with Crippen LogP contribution in [-0.2, 0) is 16.1 Å². The highest BCUT2D eigenvalue weighted by molar-refractivity contribution is 5.86. The Hall–Kier alpha value is -2.04. The molecule has 1 aromatic carbocycles.